The second-order valence-electron chi connectivity index (χ2n) is 11.0. The molecule has 4 atom stereocenters. The van der Waals surface area contributed by atoms with Gasteiger partial charge in [-0.3, -0.25) is 0 Å². The molecule has 0 radical (unpaired) electrons. The van der Waals surface area contributed by atoms with Gasteiger partial charge in [-0.05, 0) is 53.1 Å². The molecule has 1 aliphatic rings. The van der Waals surface area contributed by atoms with Gasteiger partial charge in [0, 0.05) is 34.7 Å². The Morgan fingerprint density at radius 1 is 0.872 bits per heavy atom. The molecule has 0 unspecified atom stereocenters. The lowest BCUT2D eigenvalue weighted by molar-refractivity contribution is -0.245. The number of amides is 2. The summed E-state index contributed by atoms with van der Waals surface area (Å²) in [6, 6.07) is 29.4. The van der Waals surface area contributed by atoms with Gasteiger partial charge in [0.25, 0.3) is 0 Å². The summed E-state index contributed by atoms with van der Waals surface area (Å²) in [5.41, 5.74) is 4.15. The van der Waals surface area contributed by atoms with Crippen molar-refractivity contribution in [2.24, 2.45) is 0 Å². The van der Waals surface area contributed by atoms with Crippen molar-refractivity contribution >= 4 is 35.4 Å². The van der Waals surface area contributed by atoms with E-state index < -0.39 is 30.3 Å². The first-order valence-corrected chi connectivity index (χ1v) is 16.1. The number of thioether (sulfide) groups is 1. The highest BCUT2D eigenvalue weighted by Gasteiger charge is 2.32. The number of rotatable bonds is 12. The molecular weight excluding hydrogens is 620 g/mol. The van der Waals surface area contributed by atoms with Crippen LogP contribution < -0.4 is 10.6 Å². The number of urea groups is 1. The minimum atomic E-state index is -0.970. The van der Waals surface area contributed by atoms with Crippen LogP contribution in [-0.2, 0) is 32.0 Å². The Labute approximate surface area is 277 Å². The molecule has 0 aliphatic carbocycles. The third-order valence-electron chi connectivity index (χ3n) is 7.67. The second kappa shape index (κ2) is 16.2. The van der Waals surface area contributed by atoms with Crippen molar-refractivity contribution in [1.82, 2.24) is 5.32 Å². The van der Waals surface area contributed by atoms with E-state index in [1.54, 1.807) is 48.2 Å². The lowest BCUT2D eigenvalue weighted by Crippen LogP contribution is -2.45. The number of carbonyl (C=O) groups excluding carboxylic acids is 2. The molecule has 0 spiro atoms. The van der Waals surface area contributed by atoms with Crippen molar-refractivity contribution in [2.75, 3.05) is 18.2 Å². The molecule has 0 bridgehead atoms. The molecule has 47 heavy (non-hydrogen) atoms. The highest BCUT2D eigenvalue weighted by atomic mass is 32.2. The summed E-state index contributed by atoms with van der Waals surface area (Å²) < 4.78 is 17.7. The van der Waals surface area contributed by atoms with Crippen LogP contribution >= 0.6 is 11.8 Å². The third-order valence-corrected chi connectivity index (χ3v) is 8.81. The molecule has 4 aromatic rings. The summed E-state index contributed by atoms with van der Waals surface area (Å²) in [6.45, 7) is -0.0494. The first-order chi connectivity index (χ1) is 22.8. The molecule has 1 heterocycles. The van der Waals surface area contributed by atoms with Crippen LogP contribution in [0.4, 0.5) is 10.5 Å². The molecule has 4 N–H and O–H groups in total. The second-order valence-corrected chi connectivity index (χ2v) is 12.1. The number of hydrogen-bond acceptors (Lipinski definition) is 8. The topological polar surface area (TPSA) is 143 Å². The number of aliphatic hydroxyl groups is 1. The quantitative estimate of drug-likeness (QED) is 0.105. The molecular formula is C36H36N2O8S. The summed E-state index contributed by atoms with van der Waals surface area (Å²) >= 11 is 1.57. The van der Waals surface area contributed by atoms with Crippen molar-refractivity contribution in [2.45, 2.75) is 48.9 Å². The molecule has 0 aromatic heterocycles. The van der Waals surface area contributed by atoms with Gasteiger partial charge < -0.3 is 35.1 Å². The zero-order chi connectivity index (χ0) is 33.2. The number of aliphatic hydroxyl groups excluding tert-OH is 1. The minimum absolute atomic E-state index is 0.0494. The highest BCUT2D eigenvalue weighted by molar-refractivity contribution is 7.99. The van der Waals surface area contributed by atoms with Gasteiger partial charge in [0.1, 0.15) is 6.04 Å². The molecule has 11 heteroatoms. The van der Waals surface area contributed by atoms with Crippen LogP contribution in [0.15, 0.2) is 108 Å². The molecule has 1 saturated heterocycles. The number of ether oxygens (including phenoxy) is 3. The normalized spacial score (nSPS) is 18.1. The molecule has 2 amide bonds. The summed E-state index contributed by atoms with van der Waals surface area (Å²) in [4.78, 5) is 37.3. The number of nitrogens with one attached hydrogen (secondary N) is 2. The summed E-state index contributed by atoms with van der Waals surface area (Å²) in [5.74, 6) is -0.902. The van der Waals surface area contributed by atoms with Gasteiger partial charge in [-0.25, -0.2) is 14.4 Å². The number of carbonyl (C=O) groups is 3. The van der Waals surface area contributed by atoms with Crippen molar-refractivity contribution in [3.05, 3.63) is 131 Å². The Morgan fingerprint density at radius 2 is 1.55 bits per heavy atom. The molecule has 1 aliphatic heterocycles. The third kappa shape index (κ3) is 9.43. The molecule has 5 rings (SSSR count). The van der Waals surface area contributed by atoms with Crippen molar-refractivity contribution < 1.29 is 38.8 Å². The Bertz CT molecular complexity index is 1630. The minimum Gasteiger partial charge on any atom is -0.478 e. The molecule has 4 aromatic carbocycles. The molecule has 10 nitrogen and oxygen atoms in total. The van der Waals surface area contributed by atoms with Crippen LogP contribution in [0.1, 0.15) is 51.4 Å². The fourth-order valence-electron chi connectivity index (χ4n) is 5.14. The number of anilines is 1. The van der Waals surface area contributed by atoms with Crippen LogP contribution in [0.3, 0.4) is 0 Å². The molecule has 1 fully saturated rings. The number of benzene rings is 4. The standard InChI is InChI=1S/C36H36N2O8S/c1-44-34(42)31(19-23-5-3-2-4-6-23)38-36(43)37-28-15-11-27(12-16-28)35-45-29(22-47-30-17-13-26(14-18-30)33(40)41)20-32(46-35)25-9-7-24(21-39)8-10-25/h2-18,29,31-32,35,39H,19-22H2,1H3,(H,40,41)(H2,37,38,43)/t29-,31+,32+,35+/m1/s1. The average Bonchev–Trinajstić information content (AvgIpc) is 3.11. The van der Waals surface area contributed by atoms with E-state index in [4.69, 9.17) is 14.2 Å². The fraction of sp³-hybridized carbons (Fsp3) is 0.250. The molecule has 244 valence electrons. The molecule has 0 saturated carbocycles. The Morgan fingerprint density at radius 3 is 2.19 bits per heavy atom. The Hall–Kier alpha value is -4.68. The summed E-state index contributed by atoms with van der Waals surface area (Å²) in [7, 11) is 1.28. The first-order valence-electron chi connectivity index (χ1n) is 15.1. The lowest BCUT2D eigenvalue weighted by atomic mass is 10.0. The first kappa shape index (κ1) is 33.7. The largest absolute Gasteiger partial charge is 0.478 e. The van der Waals surface area contributed by atoms with E-state index >= 15 is 0 Å². The van der Waals surface area contributed by atoms with Crippen molar-refractivity contribution in [3.63, 3.8) is 0 Å². The van der Waals surface area contributed by atoms with E-state index in [2.05, 4.69) is 10.6 Å². The summed E-state index contributed by atoms with van der Waals surface area (Å²) in [5, 5.41) is 24.1. The van der Waals surface area contributed by atoms with Gasteiger partial charge in [-0.2, -0.15) is 0 Å². The maximum absolute atomic E-state index is 12.8. The van der Waals surface area contributed by atoms with E-state index in [1.165, 1.54) is 7.11 Å². The fourth-order valence-corrected chi connectivity index (χ4v) is 6.06. The van der Waals surface area contributed by atoms with Gasteiger partial charge in [0.05, 0.1) is 31.5 Å². The van der Waals surface area contributed by atoms with Crippen LogP contribution in [-0.4, -0.2) is 53.2 Å². The van der Waals surface area contributed by atoms with Crippen LogP contribution in [0.25, 0.3) is 0 Å². The zero-order valence-corrected chi connectivity index (χ0v) is 26.5. The zero-order valence-electron chi connectivity index (χ0n) is 25.7. The highest BCUT2D eigenvalue weighted by Crippen LogP contribution is 2.39. The van der Waals surface area contributed by atoms with E-state index in [-0.39, 0.29) is 30.8 Å². The van der Waals surface area contributed by atoms with Gasteiger partial charge in [-0.1, -0.05) is 66.7 Å². The maximum atomic E-state index is 12.8. The lowest BCUT2D eigenvalue weighted by Gasteiger charge is -2.36. The van der Waals surface area contributed by atoms with Crippen LogP contribution in [0, 0.1) is 0 Å². The van der Waals surface area contributed by atoms with E-state index in [1.807, 2.05) is 66.7 Å². The maximum Gasteiger partial charge on any atom is 0.335 e. The smallest absolute Gasteiger partial charge is 0.335 e. The number of esters is 1. The van der Waals surface area contributed by atoms with Crippen molar-refractivity contribution in [3.8, 4) is 0 Å². The van der Waals surface area contributed by atoms with Gasteiger partial charge in [0.2, 0.25) is 0 Å². The van der Waals surface area contributed by atoms with Gasteiger partial charge in [-0.15, -0.1) is 11.8 Å². The monoisotopic (exact) mass is 656 g/mol. The van der Waals surface area contributed by atoms with Gasteiger partial charge in [0.15, 0.2) is 6.29 Å². The Kier molecular flexibility index (Phi) is 11.6. The number of carboxylic acid groups (broad SMARTS) is 1. The number of aromatic carboxylic acids is 1. The number of methoxy groups -OCH3 is 1. The SMILES string of the molecule is COC(=O)[C@H](Cc1ccccc1)NC(=O)Nc1ccc([C@H]2O[C@@H](CSc3ccc(C(=O)O)cc3)C[C@@H](c3ccc(CO)cc3)O2)cc1. The number of carboxylic acids is 1. The predicted molar refractivity (Wildman–Crippen MR) is 177 cm³/mol. The Balaban J connectivity index is 1.25. The van der Waals surface area contributed by atoms with E-state index in [0.717, 1.165) is 27.1 Å². The summed E-state index contributed by atoms with van der Waals surface area (Å²) in [6.07, 6.45) is -0.274. The van der Waals surface area contributed by atoms with Crippen LogP contribution in [0.2, 0.25) is 0 Å². The predicted octanol–water partition coefficient (Wildman–Crippen LogP) is 6.12. The average molecular weight is 657 g/mol. The van der Waals surface area contributed by atoms with Crippen LogP contribution in [0.5, 0.6) is 0 Å². The van der Waals surface area contributed by atoms with E-state index in [9.17, 15) is 24.6 Å². The van der Waals surface area contributed by atoms with Gasteiger partial charge >= 0.3 is 18.0 Å². The van der Waals surface area contributed by atoms with Crippen molar-refractivity contribution in [1.29, 1.82) is 0 Å². The number of hydrogen-bond donors (Lipinski definition) is 4. The van der Waals surface area contributed by atoms with E-state index in [0.29, 0.717) is 17.9 Å².